The lowest BCUT2D eigenvalue weighted by Gasteiger charge is -2.30. The molecule has 3 rings (SSSR count). The van der Waals surface area contributed by atoms with Crippen LogP contribution in [0.4, 0.5) is 0 Å². The van der Waals surface area contributed by atoms with E-state index in [0.29, 0.717) is 31.2 Å². The summed E-state index contributed by atoms with van der Waals surface area (Å²) in [5.74, 6) is 1.60. The van der Waals surface area contributed by atoms with Crippen LogP contribution < -0.4 is 9.47 Å². The van der Waals surface area contributed by atoms with E-state index in [1.807, 2.05) is 42.5 Å². The lowest BCUT2D eigenvalue weighted by Crippen LogP contribution is -2.46. The van der Waals surface area contributed by atoms with Crippen LogP contribution in [0.25, 0.3) is 0 Å². The van der Waals surface area contributed by atoms with Gasteiger partial charge in [-0.2, -0.15) is 0 Å². The number of esters is 1. The van der Waals surface area contributed by atoms with Crippen LogP contribution >= 0.6 is 11.8 Å². The number of rotatable bonds is 7. The highest BCUT2D eigenvalue weighted by Crippen LogP contribution is 2.21. The van der Waals surface area contributed by atoms with Crippen LogP contribution in [0, 0.1) is 0 Å². The van der Waals surface area contributed by atoms with E-state index in [4.69, 9.17) is 14.2 Å². The average molecular weight is 401 g/mol. The standard InChI is InChI=1S/C21H23NO5S/c1-25-21(24)19-13-22(11-12-28-19)20(23)15-27-18-9-7-17(8-10-18)26-14-16-5-3-2-4-6-16/h2-10,19H,11-15H2,1H3/t19-/m0/s1. The van der Waals surface area contributed by atoms with Gasteiger partial charge in [-0.05, 0) is 29.8 Å². The molecule has 0 radical (unpaired) electrons. The maximum Gasteiger partial charge on any atom is 0.320 e. The first kappa shape index (κ1) is 20.1. The number of hydrogen-bond acceptors (Lipinski definition) is 6. The fraction of sp³-hybridized carbons (Fsp3) is 0.333. The van der Waals surface area contributed by atoms with Crippen molar-refractivity contribution in [3.05, 3.63) is 60.2 Å². The maximum absolute atomic E-state index is 12.4. The van der Waals surface area contributed by atoms with E-state index in [0.717, 1.165) is 11.3 Å². The first-order valence-corrected chi connectivity index (χ1v) is 10.1. The zero-order valence-electron chi connectivity index (χ0n) is 15.7. The third kappa shape index (κ3) is 5.66. The minimum Gasteiger partial charge on any atom is -0.489 e. The molecule has 0 bridgehead atoms. The van der Waals surface area contributed by atoms with Gasteiger partial charge in [0.25, 0.3) is 5.91 Å². The Morgan fingerprint density at radius 2 is 1.71 bits per heavy atom. The summed E-state index contributed by atoms with van der Waals surface area (Å²) in [6.45, 7) is 1.38. The van der Waals surface area contributed by atoms with E-state index in [1.54, 1.807) is 17.0 Å². The maximum atomic E-state index is 12.4. The number of amides is 1. The highest BCUT2D eigenvalue weighted by molar-refractivity contribution is 8.00. The Balaban J connectivity index is 1.45. The molecule has 0 aliphatic carbocycles. The first-order valence-electron chi connectivity index (χ1n) is 9.02. The molecule has 1 heterocycles. The molecule has 1 aliphatic heterocycles. The Hall–Kier alpha value is -2.67. The van der Waals surface area contributed by atoms with Gasteiger partial charge < -0.3 is 19.1 Å². The van der Waals surface area contributed by atoms with Gasteiger partial charge in [-0.15, -0.1) is 11.8 Å². The zero-order chi connectivity index (χ0) is 19.8. The van der Waals surface area contributed by atoms with E-state index in [9.17, 15) is 9.59 Å². The van der Waals surface area contributed by atoms with E-state index in [-0.39, 0.29) is 23.7 Å². The van der Waals surface area contributed by atoms with Crippen LogP contribution in [0.5, 0.6) is 11.5 Å². The van der Waals surface area contributed by atoms with Crippen molar-refractivity contribution in [3.8, 4) is 11.5 Å². The summed E-state index contributed by atoms with van der Waals surface area (Å²) in [6.07, 6.45) is 0. The third-order valence-corrected chi connectivity index (χ3v) is 5.48. The lowest BCUT2D eigenvalue weighted by atomic mass is 10.2. The molecule has 0 spiro atoms. The molecule has 1 amide bonds. The summed E-state index contributed by atoms with van der Waals surface area (Å²) in [5.41, 5.74) is 1.10. The molecule has 1 fully saturated rings. The van der Waals surface area contributed by atoms with Gasteiger partial charge in [0.15, 0.2) is 6.61 Å². The van der Waals surface area contributed by atoms with Crippen molar-refractivity contribution in [1.29, 1.82) is 0 Å². The molecule has 1 atom stereocenters. The zero-order valence-corrected chi connectivity index (χ0v) is 16.5. The van der Waals surface area contributed by atoms with Gasteiger partial charge in [-0.3, -0.25) is 9.59 Å². The van der Waals surface area contributed by atoms with E-state index < -0.39 is 0 Å². The van der Waals surface area contributed by atoms with Gasteiger partial charge in [-0.1, -0.05) is 30.3 Å². The number of carbonyl (C=O) groups is 2. The van der Waals surface area contributed by atoms with Crippen LogP contribution in [-0.4, -0.2) is 54.6 Å². The number of benzene rings is 2. The van der Waals surface area contributed by atoms with Crippen molar-refractivity contribution >= 4 is 23.6 Å². The van der Waals surface area contributed by atoms with Crippen LogP contribution in [-0.2, 0) is 20.9 Å². The van der Waals surface area contributed by atoms with Gasteiger partial charge in [0.05, 0.1) is 7.11 Å². The van der Waals surface area contributed by atoms with Crippen LogP contribution in [0.2, 0.25) is 0 Å². The molecule has 148 valence electrons. The fourth-order valence-corrected chi connectivity index (χ4v) is 3.89. The summed E-state index contributed by atoms with van der Waals surface area (Å²) in [4.78, 5) is 25.7. The molecule has 2 aromatic carbocycles. The molecule has 2 aromatic rings. The highest BCUT2D eigenvalue weighted by atomic mass is 32.2. The number of carbonyl (C=O) groups excluding carboxylic acids is 2. The molecule has 28 heavy (non-hydrogen) atoms. The minimum atomic E-state index is -0.330. The molecule has 0 unspecified atom stereocenters. The molecule has 7 heteroatoms. The fourth-order valence-electron chi connectivity index (χ4n) is 2.76. The van der Waals surface area contributed by atoms with E-state index in [2.05, 4.69) is 0 Å². The quantitative estimate of drug-likeness (QED) is 0.665. The van der Waals surface area contributed by atoms with Gasteiger partial charge in [0.1, 0.15) is 23.4 Å². The number of hydrogen-bond donors (Lipinski definition) is 0. The van der Waals surface area contributed by atoms with Gasteiger partial charge in [0, 0.05) is 18.8 Å². The second kappa shape index (κ2) is 10.0. The highest BCUT2D eigenvalue weighted by Gasteiger charge is 2.29. The summed E-state index contributed by atoms with van der Waals surface area (Å²) in [6, 6.07) is 17.1. The van der Waals surface area contributed by atoms with Crippen LogP contribution in [0.3, 0.4) is 0 Å². The van der Waals surface area contributed by atoms with Crippen LogP contribution in [0.15, 0.2) is 54.6 Å². The van der Waals surface area contributed by atoms with E-state index in [1.165, 1.54) is 18.9 Å². The van der Waals surface area contributed by atoms with Crippen molar-refractivity contribution in [1.82, 2.24) is 4.90 Å². The predicted octanol–water partition coefficient (Wildman–Crippen LogP) is 2.76. The number of ether oxygens (including phenoxy) is 3. The number of methoxy groups -OCH3 is 1. The van der Waals surface area contributed by atoms with Crippen molar-refractivity contribution in [2.75, 3.05) is 32.6 Å². The van der Waals surface area contributed by atoms with Crippen molar-refractivity contribution in [2.24, 2.45) is 0 Å². The summed E-state index contributed by atoms with van der Waals surface area (Å²) < 4.78 is 16.1. The Bertz CT molecular complexity index is 781. The smallest absolute Gasteiger partial charge is 0.320 e. The topological polar surface area (TPSA) is 65.1 Å². The van der Waals surface area contributed by atoms with Crippen molar-refractivity contribution < 1.29 is 23.8 Å². The third-order valence-electron chi connectivity index (χ3n) is 4.32. The average Bonchev–Trinajstić information content (AvgIpc) is 2.77. The molecular formula is C21H23NO5S. The minimum absolute atomic E-state index is 0.0667. The normalized spacial score (nSPS) is 16.3. The monoisotopic (exact) mass is 401 g/mol. The molecule has 1 saturated heterocycles. The Morgan fingerprint density at radius 3 is 2.39 bits per heavy atom. The SMILES string of the molecule is COC(=O)[C@@H]1CN(C(=O)COc2ccc(OCc3ccccc3)cc2)CCS1. The molecule has 6 nitrogen and oxygen atoms in total. The summed E-state index contributed by atoms with van der Waals surface area (Å²) in [5, 5.41) is -0.330. The van der Waals surface area contributed by atoms with Gasteiger partial charge >= 0.3 is 5.97 Å². The van der Waals surface area contributed by atoms with Crippen molar-refractivity contribution in [3.63, 3.8) is 0 Å². The predicted molar refractivity (Wildman–Crippen MR) is 108 cm³/mol. The summed E-state index contributed by atoms with van der Waals surface area (Å²) in [7, 11) is 1.36. The van der Waals surface area contributed by atoms with Gasteiger partial charge in [-0.25, -0.2) is 0 Å². The summed E-state index contributed by atoms with van der Waals surface area (Å²) >= 11 is 1.51. The molecule has 0 aromatic heterocycles. The largest absolute Gasteiger partial charge is 0.489 e. The molecule has 1 aliphatic rings. The Labute approximate surface area is 168 Å². The van der Waals surface area contributed by atoms with Crippen LogP contribution in [0.1, 0.15) is 5.56 Å². The second-order valence-corrected chi connectivity index (χ2v) is 7.57. The van der Waals surface area contributed by atoms with Gasteiger partial charge in [0.2, 0.25) is 0 Å². The number of thioether (sulfide) groups is 1. The molecular weight excluding hydrogens is 378 g/mol. The van der Waals surface area contributed by atoms with E-state index >= 15 is 0 Å². The Kier molecular flexibility index (Phi) is 7.19. The Morgan fingerprint density at radius 1 is 1.04 bits per heavy atom. The van der Waals surface area contributed by atoms with Crippen molar-refractivity contribution in [2.45, 2.75) is 11.9 Å². The lowest BCUT2D eigenvalue weighted by molar-refractivity contribution is -0.141. The molecule has 0 saturated carbocycles. The molecule has 0 N–H and O–H groups in total. The second-order valence-electron chi connectivity index (χ2n) is 6.26. The first-order chi connectivity index (χ1) is 13.7. The number of nitrogens with zero attached hydrogens (tertiary/aromatic N) is 1.